The topological polar surface area (TPSA) is 68.5 Å². The zero-order chi connectivity index (χ0) is 12.8. The Balaban J connectivity index is 0.00000289. The lowest BCUT2D eigenvalue weighted by Gasteiger charge is -2.24. The molecule has 0 aliphatic carbocycles. The molecule has 1 aromatic rings. The fraction of sp³-hybridized carbons (Fsp3) is 0.636. The first-order chi connectivity index (χ1) is 8.02. The lowest BCUT2D eigenvalue weighted by molar-refractivity contribution is -0.145. The Hall–Kier alpha value is -0.850. The number of ether oxygens (including phenoxy) is 1. The number of halogens is 1. The van der Waals surface area contributed by atoms with Crippen LogP contribution in [0.25, 0.3) is 0 Å². The minimum atomic E-state index is -0.196. The predicted molar refractivity (Wildman–Crippen MR) is 76.0 cm³/mol. The average molecular weight is 294 g/mol. The summed E-state index contributed by atoms with van der Waals surface area (Å²) < 4.78 is 4.95. The molecule has 7 heteroatoms. The Kier molecular flexibility index (Phi) is 7.90. The molecule has 0 spiro atoms. The molecule has 0 saturated carbocycles. The quantitative estimate of drug-likeness (QED) is 0.812. The second-order valence-corrected chi connectivity index (χ2v) is 5.12. The highest BCUT2D eigenvalue weighted by atomic mass is 35.5. The van der Waals surface area contributed by atoms with Crippen LogP contribution >= 0.6 is 23.7 Å². The minimum Gasteiger partial charge on any atom is -0.465 e. The van der Waals surface area contributed by atoms with Crippen LogP contribution in [-0.4, -0.2) is 35.0 Å². The van der Waals surface area contributed by atoms with Gasteiger partial charge in [-0.15, -0.1) is 23.7 Å². The van der Waals surface area contributed by atoms with Crippen molar-refractivity contribution in [3.63, 3.8) is 0 Å². The van der Waals surface area contributed by atoms with Gasteiger partial charge >= 0.3 is 5.97 Å². The number of aromatic nitrogens is 1. The summed E-state index contributed by atoms with van der Waals surface area (Å²) in [6.45, 7) is 7.28. The van der Waals surface area contributed by atoms with Crippen molar-refractivity contribution in [3.05, 3.63) is 11.1 Å². The summed E-state index contributed by atoms with van der Waals surface area (Å²) in [5.74, 6) is -0.196. The molecule has 5 nitrogen and oxygen atoms in total. The lowest BCUT2D eigenvalue weighted by atomic mass is 10.3. The molecule has 0 radical (unpaired) electrons. The third-order valence-electron chi connectivity index (χ3n) is 2.30. The van der Waals surface area contributed by atoms with E-state index in [4.69, 9.17) is 10.5 Å². The number of nitrogens with two attached hydrogens (primary N) is 1. The van der Waals surface area contributed by atoms with Crippen LogP contribution in [0.3, 0.4) is 0 Å². The first kappa shape index (κ1) is 17.2. The van der Waals surface area contributed by atoms with Gasteiger partial charge in [0.1, 0.15) is 0 Å². The number of esters is 1. The van der Waals surface area contributed by atoms with Gasteiger partial charge in [-0.25, -0.2) is 4.98 Å². The van der Waals surface area contributed by atoms with E-state index in [1.54, 1.807) is 6.20 Å². The van der Waals surface area contributed by atoms with Crippen LogP contribution in [0.5, 0.6) is 0 Å². The molecular weight excluding hydrogens is 274 g/mol. The van der Waals surface area contributed by atoms with Gasteiger partial charge in [-0.2, -0.15) is 0 Å². The fourth-order valence-corrected chi connectivity index (χ4v) is 2.10. The molecule has 0 aliphatic rings. The van der Waals surface area contributed by atoms with Gasteiger partial charge in [0.2, 0.25) is 0 Å². The molecule has 0 fully saturated rings. The SMILES string of the molecule is CCOC(=O)CN(Cc1cnc(N)s1)C(C)C.Cl. The largest absolute Gasteiger partial charge is 0.465 e. The Bertz CT molecular complexity index is 371. The lowest BCUT2D eigenvalue weighted by Crippen LogP contribution is -2.35. The molecule has 18 heavy (non-hydrogen) atoms. The van der Waals surface area contributed by atoms with Crippen LogP contribution in [0.4, 0.5) is 5.13 Å². The third kappa shape index (κ3) is 5.66. The normalized spacial score (nSPS) is 10.5. The monoisotopic (exact) mass is 293 g/mol. The maximum atomic E-state index is 11.5. The fourth-order valence-electron chi connectivity index (χ4n) is 1.39. The molecule has 2 N–H and O–H groups in total. The van der Waals surface area contributed by atoms with E-state index in [0.717, 1.165) is 4.88 Å². The molecule has 0 bridgehead atoms. The molecule has 0 aliphatic heterocycles. The molecule has 0 saturated heterocycles. The van der Waals surface area contributed by atoms with Crippen molar-refractivity contribution in [3.8, 4) is 0 Å². The minimum absolute atomic E-state index is 0. The van der Waals surface area contributed by atoms with Crippen molar-refractivity contribution in [2.24, 2.45) is 0 Å². The standard InChI is InChI=1S/C11H19N3O2S.ClH/c1-4-16-10(15)7-14(8(2)3)6-9-5-13-11(12)17-9;/h5,8H,4,6-7H2,1-3H3,(H2,12,13);1H. The first-order valence-corrected chi connectivity index (χ1v) is 6.44. The van der Waals surface area contributed by atoms with E-state index in [1.165, 1.54) is 11.3 Å². The van der Waals surface area contributed by atoms with Gasteiger partial charge in [0.25, 0.3) is 0 Å². The smallest absolute Gasteiger partial charge is 0.320 e. The van der Waals surface area contributed by atoms with Crippen LogP contribution in [0.15, 0.2) is 6.20 Å². The maximum Gasteiger partial charge on any atom is 0.320 e. The summed E-state index contributed by atoms with van der Waals surface area (Å²) in [5, 5.41) is 0.555. The van der Waals surface area contributed by atoms with Crippen molar-refractivity contribution < 1.29 is 9.53 Å². The van der Waals surface area contributed by atoms with Crippen molar-refractivity contribution in [2.75, 3.05) is 18.9 Å². The van der Waals surface area contributed by atoms with Crippen molar-refractivity contribution >= 4 is 34.8 Å². The number of nitrogen functional groups attached to an aromatic ring is 1. The Morgan fingerprint density at radius 1 is 1.61 bits per heavy atom. The van der Waals surface area contributed by atoms with Crippen LogP contribution in [-0.2, 0) is 16.1 Å². The molecule has 0 atom stereocenters. The van der Waals surface area contributed by atoms with Gasteiger partial charge in [-0.1, -0.05) is 0 Å². The summed E-state index contributed by atoms with van der Waals surface area (Å²) in [6, 6.07) is 0.266. The van der Waals surface area contributed by atoms with Gasteiger partial charge in [0.15, 0.2) is 5.13 Å². The number of carbonyl (C=O) groups is 1. The summed E-state index contributed by atoms with van der Waals surface area (Å²) in [6.07, 6.45) is 1.75. The molecule has 1 heterocycles. The second-order valence-electron chi connectivity index (χ2n) is 3.97. The molecule has 0 aromatic carbocycles. The van der Waals surface area contributed by atoms with E-state index in [2.05, 4.69) is 4.98 Å². The van der Waals surface area contributed by atoms with Gasteiger partial charge in [0, 0.05) is 23.7 Å². The van der Waals surface area contributed by atoms with Gasteiger partial charge in [-0.05, 0) is 20.8 Å². The van der Waals surface area contributed by atoms with E-state index in [9.17, 15) is 4.79 Å². The zero-order valence-electron chi connectivity index (χ0n) is 10.9. The maximum absolute atomic E-state index is 11.5. The third-order valence-corrected chi connectivity index (χ3v) is 3.11. The zero-order valence-corrected chi connectivity index (χ0v) is 12.5. The summed E-state index contributed by atoms with van der Waals surface area (Å²) in [5.41, 5.74) is 5.58. The number of hydrogen-bond donors (Lipinski definition) is 1. The Morgan fingerprint density at radius 2 is 2.28 bits per heavy atom. The summed E-state index contributed by atoms with van der Waals surface area (Å²) in [7, 11) is 0. The molecule has 0 amide bonds. The summed E-state index contributed by atoms with van der Waals surface area (Å²) >= 11 is 1.45. The van der Waals surface area contributed by atoms with Crippen molar-refractivity contribution in [2.45, 2.75) is 33.4 Å². The number of carbonyl (C=O) groups excluding carboxylic acids is 1. The molecule has 1 rings (SSSR count). The van der Waals surface area contributed by atoms with Crippen LogP contribution < -0.4 is 5.73 Å². The Labute approximate surface area is 118 Å². The number of nitrogens with zero attached hydrogens (tertiary/aromatic N) is 2. The van der Waals surface area contributed by atoms with Crippen molar-refractivity contribution in [1.82, 2.24) is 9.88 Å². The molecular formula is C11H20ClN3O2S. The summed E-state index contributed by atoms with van der Waals surface area (Å²) in [4.78, 5) is 18.5. The number of hydrogen-bond acceptors (Lipinski definition) is 6. The van der Waals surface area contributed by atoms with Gasteiger partial charge in [-0.3, -0.25) is 9.69 Å². The van der Waals surface area contributed by atoms with Crippen LogP contribution in [0.2, 0.25) is 0 Å². The van der Waals surface area contributed by atoms with E-state index in [0.29, 0.717) is 24.8 Å². The van der Waals surface area contributed by atoms with E-state index < -0.39 is 0 Å². The van der Waals surface area contributed by atoms with E-state index >= 15 is 0 Å². The number of thiazole rings is 1. The van der Waals surface area contributed by atoms with E-state index in [1.807, 2.05) is 25.7 Å². The highest BCUT2D eigenvalue weighted by molar-refractivity contribution is 7.15. The molecule has 1 aromatic heterocycles. The van der Waals surface area contributed by atoms with Gasteiger partial charge < -0.3 is 10.5 Å². The first-order valence-electron chi connectivity index (χ1n) is 5.62. The van der Waals surface area contributed by atoms with Crippen LogP contribution in [0.1, 0.15) is 25.6 Å². The van der Waals surface area contributed by atoms with E-state index in [-0.39, 0.29) is 24.4 Å². The number of anilines is 1. The number of rotatable bonds is 6. The molecule has 104 valence electrons. The van der Waals surface area contributed by atoms with Gasteiger partial charge in [0.05, 0.1) is 13.2 Å². The average Bonchev–Trinajstić information content (AvgIpc) is 2.63. The Morgan fingerprint density at radius 3 is 2.72 bits per heavy atom. The highest BCUT2D eigenvalue weighted by Crippen LogP contribution is 2.17. The van der Waals surface area contributed by atoms with Crippen LogP contribution in [0, 0.1) is 0 Å². The predicted octanol–water partition coefficient (Wildman–Crippen LogP) is 1.92. The van der Waals surface area contributed by atoms with Crippen molar-refractivity contribution in [1.29, 1.82) is 0 Å². The second kappa shape index (κ2) is 8.29. The molecule has 0 unspecified atom stereocenters. The highest BCUT2D eigenvalue weighted by Gasteiger charge is 2.16.